The van der Waals surface area contributed by atoms with Crippen LogP contribution in [-0.2, 0) is 6.54 Å². The normalized spacial score (nSPS) is 27.3. The fourth-order valence-electron chi connectivity index (χ4n) is 2.30. The van der Waals surface area contributed by atoms with Crippen LogP contribution in [0.3, 0.4) is 0 Å². The average molecular weight is 176 g/mol. The maximum atomic E-state index is 4.76. The topological polar surface area (TPSA) is 17.8 Å². The van der Waals surface area contributed by atoms with Gasteiger partial charge in [-0.2, -0.15) is 0 Å². The van der Waals surface area contributed by atoms with E-state index in [4.69, 9.17) is 4.98 Å². The number of fused-ring (bicyclic) bond motifs is 1. The first-order valence-electron chi connectivity index (χ1n) is 5.41. The molecule has 0 amide bonds. The summed E-state index contributed by atoms with van der Waals surface area (Å²) in [6.07, 6.45) is 7.67. The zero-order valence-corrected chi connectivity index (χ0v) is 8.16. The Kier molecular flexibility index (Phi) is 1.52. The van der Waals surface area contributed by atoms with Crippen molar-refractivity contribution in [2.75, 3.05) is 0 Å². The molecule has 2 aliphatic rings. The zero-order valence-electron chi connectivity index (χ0n) is 8.16. The summed E-state index contributed by atoms with van der Waals surface area (Å²) in [7, 11) is 0. The van der Waals surface area contributed by atoms with E-state index in [0.29, 0.717) is 5.92 Å². The predicted molar refractivity (Wildman–Crippen MR) is 51.9 cm³/mol. The summed E-state index contributed by atoms with van der Waals surface area (Å²) in [5, 5.41) is 0. The van der Waals surface area contributed by atoms with Gasteiger partial charge in [-0.05, 0) is 25.7 Å². The molecule has 0 aromatic carbocycles. The van der Waals surface area contributed by atoms with Gasteiger partial charge in [0.1, 0.15) is 5.82 Å². The molecular formula is C11H16N2. The zero-order chi connectivity index (χ0) is 8.84. The minimum Gasteiger partial charge on any atom is -0.334 e. The maximum absolute atomic E-state index is 4.76. The van der Waals surface area contributed by atoms with E-state index in [2.05, 4.69) is 17.7 Å². The van der Waals surface area contributed by atoms with Crippen LogP contribution in [0, 0.1) is 0 Å². The molecule has 0 spiro atoms. The smallest absolute Gasteiger partial charge is 0.111 e. The van der Waals surface area contributed by atoms with Crippen LogP contribution in [0.1, 0.15) is 56.0 Å². The van der Waals surface area contributed by atoms with Gasteiger partial charge in [-0.3, -0.25) is 0 Å². The van der Waals surface area contributed by atoms with E-state index in [1.54, 1.807) is 0 Å². The highest BCUT2D eigenvalue weighted by Crippen LogP contribution is 2.40. The fraction of sp³-hybridized carbons (Fsp3) is 0.727. The van der Waals surface area contributed by atoms with Gasteiger partial charge < -0.3 is 4.57 Å². The number of aryl methyl sites for hydroxylation is 1. The molecule has 2 nitrogen and oxygen atoms in total. The molecule has 1 fully saturated rings. The second kappa shape index (κ2) is 2.60. The fourth-order valence-corrected chi connectivity index (χ4v) is 2.30. The van der Waals surface area contributed by atoms with Gasteiger partial charge in [0.25, 0.3) is 0 Å². The average Bonchev–Trinajstić information content (AvgIpc) is 2.87. The Bertz CT molecular complexity index is 323. The van der Waals surface area contributed by atoms with E-state index in [0.717, 1.165) is 5.92 Å². The van der Waals surface area contributed by atoms with Crippen LogP contribution in [0.15, 0.2) is 6.20 Å². The quantitative estimate of drug-likeness (QED) is 0.643. The summed E-state index contributed by atoms with van der Waals surface area (Å²) < 4.78 is 2.38. The molecule has 0 unspecified atom stereocenters. The molecule has 3 rings (SSSR count). The van der Waals surface area contributed by atoms with E-state index in [9.17, 15) is 0 Å². The molecule has 1 aromatic heterocycles. The van der Waals surface area contributed by atoms with Crippen molar-refractivity contribution in [1.29, 1.82) is 0 Å². The summed E-state index contributed by atoms with van der Waals surface area (Å²) in [4.78, 5) is 4.76. The van der Waals surface area contributed by atoms with Crippen molar-refractivity contribution in [3.8, 4) is 0 Å². The number of hydrogen-bond acceptors (Lipinski definition) is 1. The molecule has 1 atom stereocenters. The number of imidazole rings is 1. The third kappa shape index (κ3) is 1.19. The van der Waals surface area contributed by atoms with E-state index < -0.39 is 0 Å². The van der Waals surface area contributed by atoms with Gasteiger partial charge in [0.2, 0.25) is 0 Å². The van der Waals surface area contributed by atoms with E-state index in [1.165, 1.54) is 43.7 Å². The molecule has 0 radical (unpaired) electrons. The maximum Gasteiger partial charge on any atom is 0.111 e. The Labute approximate surface area is 79.0 Å². The van der Waals surface area contributed by atoms with E-state index >= 15 is 0 Å². The van der Waals surface area contributed by atoms with Gasteiger partial charge >= 0.3 is 0 Å². The second-order valence-corrected chi connectivity index (χ2v) is 4.53. The van der Waals surface area contributed by atoms with Crippen molar-refractivity contribution in [2.24, 2.45) is 0 Å². The van der Waals surface area contributed by atoms with E-state index in [-0.39, 0.29) is 0 Å². The molecular weight excluding hydrogens is 160 g/mol. The largest absolute Gasteiger partial charge is 0.334 e. The number of nitrogens with zero attached hydrogens (tertiary/aromatic N) is 2. The summed E-state index contributed by atoms with van der Waals surface area (Å²) in [6, 6.07) is 0. The first kappa shape index (κ1) is 7.60. The Morgan fingerprint density at radius 3 is 2.92 bits per heavy atom. The lowest BCUT2D eigenvalue weighted by Crippen LogP contribution is -2.12. The number of hydrogen-bond donors (Lipinski definition) is 0. The lowest BCUT2D eigenvalue weighted by Gasteiger charge is -2.19. The lowest BCUT2D eigenvalue weighted by atomic mass is 10.0. The molecule has 2 heteroatoms. The van der Waals surface area contributed by atoms with Gasteiger partial charge in [0, 0.05) is 24.6 Å². The third-order valence-corrected chi connectivity index (χ3v) is 3.30. The first-order valence-corrected chi connectivity index (χ1v) is 5.41. The second-order valence-electron chi connectivity index (χ2n) is 4.53. The van der Waals surface area contributed by atoms with Gasteiger partial charge in [0.05, 0.1) is 5.69 Å². The van der Waals surface area contributed by atoms with Crippen LogP contribution < -0.4 is 0 Å². The van der Waals surface area contributed by atoms with Crippen molar-refractivity contribution in [3.63, 3.8) is 0 Å². The molecule has 0 bridgehead atoms. The monoisotopic (exact) mass is 176 g/mol. The molecule has 1 aliphatic carbocycles. The Morgan fingerprint density at radius 2 is 2.23 bits per heavy atom. The molecule has 13 heavy (non-hydrogen) atoms. The van der Waals surface area contributed by atoms with Gasteiger partial charge in [-0.1, -0.05) is 6.92 Å². The van der Waals surface area contributed by atoms with Crippen molar-refractivity contribution in [2.45, 2.75) is 51.0 Å². The Hall–Kier alpha value is -0.790. The predicted octanol–water partition coefficient (Wildman–Crippen LogP) is 2.66. The molecule has 0 N–H and O–H groups in total. The minimum atomic E-state index is 0.682. The van der Waals surface area contributed by atoms with Crippen molar-refractivity contribution >= 4 is 0 Å². The molecule has 70 valence electrons. The van der Waals surface area contributed by atoms with Crippen molar-refractivity contribution in [1.82, 2.24) is 9.55 Å². The summed E-state index contributed by atoms with van der Waals surface area (Å²) in [5.74, 6) is 2.83. The van der Waals surface area contributed by atoms with Gasteiger partial charge in [-0.25, -0.2) is 4.98 Å². The minimum absolute atomic E-state index is 0.682. The first-order chi connectivity index (χ1) is 6.34. The molecule has 1 aromatic rings. The van der Waals surface area contributed by atoms with Crippen molar-refractivity contribution < 1.29 is 0 Å². The molecule has 1 saturated carbocycles. The van der Waals surface area contributed by atoms with Crippen LogP contribution in [0.5, 0.6) is 0 Å². The lowest BCUT2D eigenvalue weighted by molar-refractivity contribution is 0.463. The van der Waals surface area contributed by atoms with Crippen LogP contribution in [0.25, 0.3) is 0 Å². The van der Waals surface area contributed by atoms with E-state index in [1.807, 2.05) is 0 Å². The SMILES string of the molecule is C[C@@H]1CCCn2cc(C3CC3)nc21. The number of aromatic nitrogens is 2. The standard InChI is InChI=1S/C11H16N2/c1-8-3-2-6-13-7-10(9-4-5-9)12-11(8)13/h7-9H,2-6H2,1H3/t8-/m1/s1. The number of rotatable bonds is 1. The van der Waals surface area contributed by atoms with Crippen LogP contribution in [0.2, 0.25) is 0 Å². The van der Waals surface area contributed by atoms with Gasteiger partial charge in [-0.15, -0.1) is 0 Å². The molecule has 2 heterocycles. The highest BCUT2D eigenvalue weighted by atomic mass is 15.1. The molecule has 0 saturated heterocycles. The third-order valence-electron chi connectivity index (χ3n) is 3.30. The van der Waals surface area contributed by atoms with Gasteiger partial charge in [0.15, 0.2) is 0 Å². The van der Waals surface area contributed by atoms with Crippen LogP contribution in [0.4, 0.5) is 0 Å². The Balaban J connectivity index is 1.99. The highest BCUT2D eigenvalue weighted by Gasteiger charge is 2.28. The summed E-state index contributed by atoms with van der Waals surface area (Å²) >= 11 is 0. The van der Waals surface area contributed by atoms with Crippen LogP contribution >= 0.6 is 0 Å². The summed E-state index contributed by atoms with van der Waals surface area (Å²) in [6.45, 7) is 3.49. The molecule has 1 aliphatic heterocycles. The van der Waals surface area contributed by atoms with Crippen LogP contribution in [-0.4, -0.2) is 9.55 Å². The highest BCUT2D eigenvalue weighted by molar-refractivity contribution is 5.17. The Morgan fingerprint density at radius 1 is 1.38 bits per heavy atom. The van der Waals surface area contributed by atoms with Crippen molar-refractivity contribution in [3.05, 3.63) is 17.7 Å². The summed E-state index contributed by atoms with van der Waals surface area (Å²) in [5.41, 5.74) is 1.36.